The maximum atomic E-state index is 11.8. The first-order chi connectivity index (χ1) is 6.69. The van der Waals surface area contributed by atoms with Gasteiger partial charge >= 0.3 is 0 Å². The highest BCUT2D eigenvalue weighted by molar-refractivity contribution is 8.13. The molecule has 0 aromatic rings. The predicted octanol–water partition coefficient (Wildman–Crippen LogP) is 1.95. The molecule has 0 unspecified atom stereocenters. The van der Waals surface area contributed by atoms with Crippen molar-refractivity contribution in [3.05, 3.63) is 0 Å². The van der Waals surface area contributed by atoms with Crippen LogP contribution in [-0.2, 0) is 13.8 Å². The van der Waals surface area contributed by atoms with Gasteiger partial charge in [-0.1, -0.05) is 13.8 Å². The fraction of sp³-hybridized carbons (Fsp3) is 0.900. The van der Waals surface area contributed by atoms with E-state index in [1.165, 1.54) is 0 Å². The van der Waals surface area contributed by atoms with Crippen LogP contribution in [0.25, 0.3) is 0 Å². The van der Waals surface area contributed by atoms with E-state index in [0.29, 0.717) is 6.42 Å². The lowest BCUT2D eigenvalue weighted by atomic mass is 9.70. The zero-order valence-corrected chi connectivity index (χ0v) is 10.5. The van der Waals surface area contributed by atoms with E-state index < -0.39 is 19.9 Å². The van der Waals surface area contributed by atoms with Gasteiger partial charge in [-0.15, -0.1) is 0 Å². The van der Waals surface area contributed by atoms with Crippen LogP contribution in [0.3, 0.4) is 0 Å². The van der Waals surface area contributed by atoms with Gasteiger partial charge in [0.05, 0.1) is 5.75 Å². The highest BCUT2D eigenvalue weighted by Gasteiger charge is 2.64. The molecule has 5 heteroatoms. The lowest BCUT2D eigenvalue weighted by Crippen LogP contribution is -2.39. The summed E-state index contributed by atoms with van der Waals surface area (Å²) in [4.78, 5) is 11.8. The topological polar surface area (TPSA) is 51.2 Å². The number of carbonyl (C=O) groups is 1. The van der Waals surface area contributed by atoms with Gasteiger partial charge in [-0.3, -0.25) is 4.79 Å². The van der Waals surface area contributed by atoms with Gasteiger partial charge < -0.3 is 0 Å². The van der Waals surface area contributed by atoms with Crippen molar-refractivity contribution in [1.82, 2.24) is 0 Å². The van der Waals surface area contributed by atoms with Gasteiger partial charge in [0.2, 0.25) is 9.05 Å². The van der Waals surface area contributed by atoms with Crippen molar-refractivity contribution in [3.8, 4) is 0 Å². The van der Waals surface area contributed by atoms with Crippen molar-refractivity contribution in [2.45, 2.75) is 33.1 Å². The quantitative estimate of drug-likeness (QED) is 0.704. The Bertz CT molecular complexity index is 416. The average molecular weight is 251 g/mol. The standard InChI is InChI=1S/C10H15ClO3S/c1-9-4-3-7(5-8(9)12)10(9,2)6-15(11,13)14/h7H,3-6H2,1-2H3/t7-,9+,10-/m0/s1. The minimum atomic E-state index is -3.53. The third kappa shape index (κ3) is 1.45. The number of hydrogen-bond donors (Lipinski definition) is 0. The highest BCUT2D eigenvalue weighted by atomic mass is 35.7. The van der Waals surface area contributed by atoms with E-state index in [4.69, 9.17) is 10.7 Å². The van der Waals surface area contributed by atoms with Crippen molar-refractivity contribution in [2.75, 3.05) is 5.75 Å². The average Bonchev–Trinajstić information content (AvgIpc) is 2.35. The van der Waals surface area contributed by atoms with Crippen LogP contribution in [0.15, 0.2) is 0 Å². The first-order valence-corrected chi connectivity index (χ1v) is 7.62. The summed E-state index contributed by atoms with van der Waals surface area (Å²) in [6.45, 7) is 3.79. The second-order valence-electron chi connectivity index (χ2n) is 5.30. The Morgan fingerprint density at radius 1 is 1.47 bits per heavy atom. The molecule has 2 saturated carbocycles. The van der Waals surface area contributed by atoms with E-state index >= 15 is 0 Å². The van der Waals surface area contributed by atoms with Crippen LogP contribution in [0.2, 0.25) is 0 Å². The Morgan fingerprint density at radius 2 is 2.07 bits per heavy atom. The third-order valence-electron chi connectivity index (χ3n) is 4.67. The molecule has 0 saturated heterocycles. The third-order valence-corrected chi connectivity index (χ3v) is 5.95. The number of Topliss-reactive ketones (excluding diaryl/α,β-unsaturated/α-hetero) is 1. The van der Waals surface area contributed by atoms with E-state index in [1.807, 2.05) is 13.8 Å². The van der Waals surface area contributed by atoms with Crippen LogP contribution in [0, 0.1) is 16.7 Å². The fourth-order valence-corrected chi connectivity index (χ4v) is 5.34. The van der Waals surface area contributed by atoms with Gasteiger partial charge in [0.1, 0.15) is 5.78 Å². The molecule has 3 nitrogen and oxygen atoms in total. The molecule has 2 aliphatic carbocycles. The summed E-state index contributed by atoms with van der Waals surface area (Å²) >= 11 is 0. The molecule has 0 aliphatic heterocycles. The summed E-state index contributed by atoms with van der Waals surface area (Å²) in [7, 11) is 1.80. The summed E-state index contributed by atoms with van der Waals surface area (Å²) in [6, 6.07) is 0. The van der Waals surface area contributed by atoms with E-state index in [2.05, 4.69) is 0 Å². The molecule has 2 aliphatic rings. The maximum absolute atomic E-state index is 11.8. The molecular weight excluding hydrogens is 236 g/mol. The van der Waals surface area contributed by atoms with E-state index in [9.17, 15) is 13.2 Å². The minimum Gasteiger partial charge on any atom is -0.299 e. The Kier molecular flexibility index (Phi) is 2.26. The molecule has 0 N–H and O–H groups in total. The van der Waals surface area contributed by atoms with E-state index in [0.717, 1.165) is 12.8 Å². The Labute approximate surface area is 94.6 Å². The van der Waals surface area contributed by atoms with Crippen LogP contribution >= 0.6 is 10.7 Å². The van der Waals surface area contributed by atoms with Crippen LogP contribution < -0.4 is 0 Å². The molecule has 0 heterocycles. The second-order valence-corrected chi connectivity index (χ2v) is 8.07. The molecule has 0 radical (unpaired) electrons. The zero-order valence-electron chi connectivity index (χ0n) is 8.92. The zero-order chi connectivity index (χ0) is 11.5. The number of hydrogen-bond acceptors (Lipinski definition) is 3. The molecule has 2 bridgehead atoms. The van der Waals surface area contributed by atoms with Crippen molar-refractivity contribution in [2.24, 2.45) is 16.7 Å². The van der Waals surface area contributed by atoms with Gasteiger partial charge in [-0.25, -0.2) is 8.42 Å². The molecule has 3 atom stereocenters. The molecule has 0 amide bonds. The van der Waals surface area contributed by atoms with Gasteiger partial charge in [-0.05, 0) is 24.2 Å². The summed E-state index contributed by atoms with van der Waals surface area (Å²) in [5.74, 6) is 0.333. The molecular formula is C10H15ClO3S. The Morgan fingerprint density at radius 3 is 2.40 bits per heavy atom. The smallest absolute Gasteiger partial charge is 0.233 e. The molecule has 86 valence electrons. The van der Waals surface area contributed by atoms with Crippen LogP contribution in [-0.4, -0.2) is 20.0 Å². The predicted molar refractivity (Wildman–Crippen MR) is 58.2 cm³/mol. The van der Waals surface area contributed by atoms with Crippen molar-refractivity contribution >= 4 is 25.5 Å². The van der Waals surface area contributed by atoms with Crippen LogP contribution in [0.4, 0.5) is 0 Å². The number of ketones is 1. The monoisotopic (exact) mass is 250 g/mol. The normalized spacial score (nSPS) is 45.0. The number of halogens is 1. The first-order valence-electron chi connectivity index (χ1n) is 5.15. The van der Waals surface area contributed by atoms with E-state index in [-0.39, 0.29) is 17.5 Å². The van der Waals surface area contributed by atoms with Crippen LogP contribution in [0.1, 0.15) is 33.1 Å². The molecule has 0 spiro atoms. The molecule has 15 heavy (non-hydrogen) atoms. The molecule has 2 rings (SSSR count). The lowest BCUT2D eigenvalue weighted by molar-refractivity contribution is -0.128. The Balaban J connectivity index is 2.41. The van der Waals surface area contributed by atoms with E-state index in [1.54, 1.807) is 0 Å². The van der Waals surface area contributed by atoms with Crippen molar-refractivity contribution < 1.29 is 13.2 Å². The summed E-state index contributed by atoms with van der Waals surface area (Å²) in [6.07, 6.45) is 2.28. The Hall–Kier alpha value is -0.0900. The van der Waals surface area contributed by atoms with Gasteiger partial charge in [0.15, 0.2) is 0 Å². The second kappa shape index (κ2) is 2.98. The van der Waals surface area contributed by atoms with Gasteiger partial charge in [0, 0.05) is 22.5 Å². The SMILES string of the molecule is C[C@]1(CS(=O)(=O)Cl)[C@H]2CC[C@]1(C)C(=O)C2. The van der Waals surface area contributed by atoms with Crippen molar-refractivity contribution in [1.29, 1.82) is 0 Å². The molecule has 2 fully saturated rings. The maximum Gasteiger partial charge on any atom is 0.233 e. The fourth-order valence-electron chi connectivity index (χ4n) is 3.39. The largest absolute Gasteiger partial charge is 0.299 e. The number of fused-ring (bicyclic) bond motifs is 2. The lowest BCUT2D eigenvalue weighted by Gasteiger charge is -2.35. The molecule has 0 aromatic carbocycles. The molecule has 0 aromatic heterocycles. The minimum absolute atomic E-state index is 0.0749. The van der Waals surface area contributed by atoms with Crippen molar-refractivity contribution in [3.63, 3.8) is 0 Å². The van der Waals surface area contributed by atoms with Gasteiger partial charge in [-0.2, -0.15) is 0 Å². The van der Waals surface area contributed by atoms with Crippen LogP contribution in [0.5, 0.6) is 0 Å². The summed E-state index contributed by atoms with van der Waals surface area (Å²) in [5.41, 5.74) is -0.926. The van der Waals surface area contributed by atoms with Gasteiger partial charge in [0.25, 0.3) is 0 Å². The first kappa shape index (κ1) is 11.4. The number of carbonyl (C=O) groups excluding carboxylic acids is 1. The summed E-state index contributed by atoms with van der Waals surface area (Å²) in [5, 5.41) is 0. The summed E-state index contributed by atoms with van der Waals surface area (Å²) < 4.78 is 22.4. The number of rotatable bonds is 2. The highest BCUT2D eigenvalue weighted by Crippen LogP contribution is 2.64.